The molecule has 2 amide bonds. The van der Waals surface area contributed by atoms with Gasteiger partial charge >= 0.3 is 0 Å². The number of thioether (sulfide) groups is 1. The molecule has 3 aromatic carbocycles. The Balaban J connectivity index is 2.06. The highest BCUT2D eigenvalue weighted by Crippen LogP contribution is 2.33. The van der Waals surface area contributed by atoms with Crippen LogP contribution in [-0.2, 0) is 26.2 Å². The van der Waals surface area contributed by atoms with Gasteiger partial charge in [-0.3, -0.25) is 13.9 Å². The molecule has 0 bridgehead atoms. The third-order valence-electron chi connectivity index (χ3n) is 6.60. The van der Waals surface area contributed by atoms with Crippen molar-refractivity contribution in [3.05, 3.63) is 82.8 Å². The third kappa shape index (κ3) is 8.75. The number of halogens is 1. The van der Waals surface area contributed by atoms with Gasteiger partial charge in [0.15, 0.2) is 0 Å². The molecule has 1 atom stereocenters. The smallest absolute Gasteiger partial charge is 0.264 e. The number of ether oxygens (including phenoxy) is 1. The van der Waals surface area contributed by atoms with E-state index in [1.54, 1.807) is 50.2 Å². The summed E-state index contributed by atoms with van der Waals surface area (Å²) in [4.78, 5) is 29.6. The lowest BCUT2D eigenvalue weighted by atomic mass is 10.1. The van der Waals surface area contributed by atoms with E-state index in [4.69, 9.17) is 4.74 Å². The van der Waals surface area contributed by atoms with Crippen LogP contribution in [0.4, 0.5) is 5.69 Å². The predicted octanol–water partition coefficient (Wildman–Crippen LogP) is 6.10. The van der Waals surface area contributed by atoms with Crippen molar-refractivity contribution in [1.29, 1.82) is 0 Å². The number of para-hydroxylation sites is 2. The molecule has 0 aliphatic heterocycles. The number of nitrogens with one attached hydrogen (secondary N) is 1. The van der Waals surface area contributed by atoms with Crippen molar-refractivity contribution >= 4 is 55.2 Å². The first kappa shape index (κ1) is 33.5. The molecule has 0 aliphatic rings. The zero-order valence-electron chi connectivity index (χ0n) is 24.4. The number of rotatable bonds is 15. The molecule has 0 saturated carbocycles. The number of carbonyl (C=O) groups excluding carboxylic acids is 2. The predicted molar refractivity (Wildman–Crippen MR) is 172 cm³/mol. The number of hydrogen-bond acceptors (Lipinski definition) is 6. The summed E-state index contributed by atoms with van der Waals surface area (Å²) < 4.78 is 35.9. The van der Waals surface area contributed by atoms with Gasteiger partial charge in [-0.15, -0.1) is 11.8 Å². The molecule has 0 unspecified atom stereocenters. The summed E-state index contributed by atoms with van der Waals surface area (Å²) in [6.45, 7) is 5.88. The van der Waals surface area contributed by atoms with E-state index in [1.807, 2.05) is 37.4 Å². The zero-order valence-corrected chi connectivity index (χ0v) is 27.6. The first-order valence-corrected chi connectivity index (χ1v) is 17.3. The highest BCUT2D eigenvalue weighted by Gasteiger charge is 2.33. The number of unbranched alkanes of at least 4 members (excludes halogenated alkanes) is 1. The summed E-state index contributed by atoms with van der Waals surface area (Å²) in [6.07, 6.45) is 3.64. The fourth-order valence-corrected chi connectivity index (χ4v) is 6.56. The second kappa shape index (κ2) is 16.0. The Labute approximate surface area is 262 Å². The molecule has 0 aromatic heterocycles. The minimum absolute atomic E-state index is 0.0447. The van der Waals surface area contributed by atoms with Crippen LogP contribution in [0.2, 0.25) is 0 Å². The molecular weight excluding hydrogens is 638 g/mol. The van der Waals surface area contributed by atoms with E-state index in [0.29, 0.717) is 18.9 Å². The van der Waals surface area contributed by atoms with Crippen LogP contribution in [0.1, 0.15) is 39.2 Å². The standard InChI is InChI=1S/C31H38BrN3O5S2/c1-5-7-19-33-31(37)23(3)34(21-24-11-10-12-25(32)20-24)30(36)22-35(28-13-8-9-14-29(28)40-6-2)42(38,39)27-17-15-26(41-4)16-18-27/h8-18,20,23H,5-7,19,21-22H2,1-4H3,(H,33,37)/t23-/m1/s1. The maximum atomic E-state index is 14.1. The summed E-state index contributed by atoms with van der Waals surface area (Å²) in [5.74, 6) is -0.492. The third-order valence-corrected chi connectivity index (χ3v) is 9.61. The minimum Gasteiger partial charge on any atom is -0.492 e. The van der Waals surface area contributed by atoms with Gasteiger partial charge in [-0.1, -0.05) is 53.5 Å². The first-order valence-electron chi connectivity index (χ1n) is 13.8. The lowest BCUT2D eigenvalue weighted by Gasteiger charge is -2.32. The van der Waals surface area contributed by atoms with Crippen LogP contribution in [0.3, 0.4) is 0 Å². The summed E-state index contributed by atoms with van der Waals surface area (Å²) in [7, 11) is -4.20. The molecule has 0 spiro atoms. The summed E-state index contributed by atoms with van der Waals surface area (Å²) in [6, 6.07) is 19.9. The number of hydrogen-bond donors (Lipinski definition) is 1. The number of benzene rings is 3. The van der Waals surface area contributed by atoms with Crippen LogP contribution in [0, 0.1) is 0 Å². The average Bonchev–Trinajstić information content (AvgIpc) is 2.99. The van der Waals surface area contributed by atoms with E-state index in [0.717, 1.165) is 32.1 Å². The highest BCUT2D eigenvalue weighted by atomic mass is 79.9. The summed E-state index contributed by atoms with van der Waals surface area (Å²) >= 11 is 4.97. The van der Waals surface area contributed by atoms with E-state index >= 15 is 0 Å². The SMILES string of the molecule is CCCCNC(=O)[C@@H](C)N(Cc1cccc(Br)c1)C(=O)CN(c1ccccc1OCC)S(=O)(=O)c1ccc(SC)cc1. The van der Waals surface area contributed by atoms with Crippen molar-refractivity contribution in [3.8, 4) is 5.75 Å². The second-order valence-electron chi connectivity index (χ2n) is 9.56. The van der Waals surface area contributed by atoms with Crippen molar-refractivity contribution in [2.24, 2.45) is 0 Å². The zero-order chi connectivity index (χ0) is 30.7. The second-order valence-corrected chi connectivity index (χ2v) is 13.2. The molecule has 42 heavy (non-hydrogen) atoms. The monoisotopic (exact) mass is 675 g/mol. The Bertz CT molecular complexity index is 1450. The Hall–Kier alpha value is -3.02. The van der Waals surface area contributed by atoms with E-state index in [9.17, 15) is 18.0 Å². The van der Waals surface area contributed by atoms with Gasteiger partial charge in [0.1, 0.15) is 18.3 Å². The lowest BCUT2D eigenvalue weighted by molar-refractivity contribution is -0.139. The average molecular weight is 677 g/mol. The van der Waals surface area contributed by atoms with Crippen LogP contribution in [0.15, 0.2) is 87.1 Å². The first-order chi connectivity index (χ1) is 20.1. The summed E-state index contributed by atoms with van der Waals surface area (Å²) in [5.41, 5.74) is 1.03. The van der Waals surface area contributed by atoms with E-state index in [-0.39, 0.29) is 23.0 Å². The van der Waals surface area contributed by atoms with Gasteiger partial charge in [0.2, 0.25) is 11.8 Å². The van der Waals surface area contributed by atoms with Crippen LogP contribution >= 0.6 is 27.7 Å². The van der Waals surface area contributed by atoms with E-state index < -0.39 is 28.5 Å². The van der Waals surface area contributed by atoms with Crippen molar-refractivity contribution < 1.29 is 22.7 Å². The van der Waals surface area contributed by atoms with Crippen molar-refractivity contribution in [2.45, 2.75) is 56.0 Å². The molecule has 11 heteroatoms. The Morgan fingerprint density at radius 1 is 1.02 bits per heavy atom. The van der Waals surface area contributed by atoms with Gasteiger partial charge in [0, 0.05) is 22.5 Å². The molecule has 0 radical (unpaired) electrons. The number of amides is 2. The number of carbonyl (C=O) groups is 2. The molecule has 0 aliphatic carbocycles. The topological polar surface area (TPSA) is 96.0 Å². The van der Waals surface area contributed by atoms with Gasteiger partial charge in [-0.05, 0) is 80.6 Å². The van der Waals surface area contributed by atoms with Gasteiger partial charge in [0.25, 0.3) is 10.0 Å². The largest absolute Gasteiger partial charge is 0.492 e. The van der Waals surface area contributed by atoms with Gasteiger partial charge < -0.3 is 15.0 Å². The fraction of sp³-hybridized carbons (Fsp3) is 0.355. The molecule has 8 nitrogen and oxygen atoms in total. The Morgan fingerprint density at radius 3 is 2.38 bits per heavy atom. The Morgan fingerprint density at radius 2 is 1.74 bits per heavy atom. The Kier molecular flexibility index (Phi) is 12.8. The minimum atomic E-state index is -4.20. The molecule has 1 N–H and O–H groups in total. The number of sulfonamides is 1. The van der Waals surface area contributed by atoms with E-state index in [1.165, 1.54) is 28.8 Å². The van der Waals surface area contributed by atoms with Gasteiger partial charge in [-0.2, -0.15) is 0 Å². The highest BCUT2D eigenvalue weighted by molar-refractivity contribution is 9.10. The quantitative estimate of drug-likeness (QED) is 0.155. The van der Waals surface area contributed by atoms with Gasteiger partial charge in [0.05, 0.1) is 17.2 Å². The van der Waals surface area contributed by atoms with Crippen molar-refractivity contribution in [1.82, 2.24) is 10.2 Å². The van der Waals surface area contributed by atoms with Crippen LogP contribution in [-0.4, -0.2) is 57.1 Å². The maximum absolute atomic E-state index is 14.1. The van der Waals surface area contributed by atoms with Crippen molar-refractivity contribution in [2.75, 3.05) is 30.3 Å². The number of anilines is 1. The van der Waals surface area contributed by atoms with Crippen molar-refractivity contribution in [3.63, 3.8) is 0 Å². The molecule has 0 heterocycles. The van der Waals surface area contributed by atoms with Gasteiger partial charge in [-0.25, -0.2) is 8.42 Å². The van der Waals surface area contributed by atoms with Crippen LogP contribution in [0.25, 0.3) is 0 Å². The van der Waals surface area contributed by atoms with E-state index in [2.05, 4.69) is 21.2 Å². The summed E-state index contributed by atoms with van der Waals surface area (Å²) in [5, 5.41) is 2.90. The molecule has 3 aromatic rings. The maximum Gasteiger partial charge on any atom is 0.264 e. The lowest BCUT2D eigenvalue weighted by Crippen LogP contribution is -2.51. The molecule has 3 rings (SSSR count). The normalized spacial score (nSPS) is 11.9. The van der Waals surface area contributed by atoms with Crippen LogP contribution < -0.4 is 14.4 Å². The molecule has 226 valence electrons. The number of nitrogens with zero attached hydrogens (tertiary/aromatic N) is 2. The molecule has 0 fully saturated rings. The fourth-order valence-electron chi connectivity index (χ4n) is 4.28. The van der Waals surface area contributed by atoms with Crippen LogP contribution in [0.5, 0.6) is 5.75 Å². The molecule has 0 saturated heterocycles. The molecular formula is C31H38BrN3O5S2.